The molecule has 0 aliphatic heterocycles. The van der Waals surface area contributed by atoms with Crippen molar-refractivity contribution in [3.63, 3.8) is 0 Å². The number of unbranched alkanes of at least 4 members (excludes halogenated alkanes) is 1. The molecule has 0 heterocycles. The van der Waals surface area contributed by atoms with E-state index in [1.165, 1.54) is 0 Å². The summed E-state index contributed by atoms with van der Waals surface area (Å²) in [5.74, 6) is 0.367. The minimum atomic E-state index is -0.101. The molecule has 1 unspecified atom stereocenters. The van der Waals surface area contributed by atoms with Crippen LogP contribution in [0, 0.1) is 5.92 Å². The van der Waals surface area contributed by atoms with Gasteiger partial charge in [-0.05, 0) is 25.2 Å². The molecule has 0 aromatic rings. The average Bonchev–Trinajstić information content (AvgIpc) is 2.14. The van der Waals surface area contributed by atoms with E-state index in [0.717, 1.165) is 19.3 Å². The quantitative estimate of drug-likeness (QED) is 0.345. The van der Waals surface area contributed by atoms with E-state index in [-0.39, 0.29) is 5.97 Å². The van der Waals surface area contributed by atoms with Crippen molar-refractivity contribution in [3.05, 3.63) is 12.7 Å². The summed E-state index contributed by atoms with van der Waals surface area (Å²) in [5.41, 5.74) is 0. The lowest BCUT2D eigenvalue weighted by Crippen LogP contribution is -2.10. The lowest BCUT2D eigenvalue weighted by Gasteiger charge is -2.10. The van der Waals surface area contributed by atoms with Gasteiger partial charge in [-0.2, -0.15) is 0 Å². The predicted molar refractivity (Wildman–Crippen MR) is 54.5 cm³/mol. The Morgan fingerprint density at radius 1 is 1.62 bits per heavy atom. The smallest absolute Gasteiger partial charge is 0.305 e. The fraction of sp³-hybridized carbons (Fsp3) is 0.727. The van der Waals surface area contributed by atoms with Crippen molar-refractivity contribution >= 4 is 5.97 Å². The number of ether oxygens (including phenoxy) is 1. The predicted octanol–water partition coefficient (Wildman–Crippen LogP) is 2.93. The molecule has 0 aliphatic rings. The maximum absolute atomic E-state index is 10.8. The van der Waals surface area contributed by atoms with Crippen LogP contribution < -0.4 is 0 Å². The Labute approximate surface area is 81.0 Å². The van der Waals surface area contributed by atoms with Gasteiger partial charge in [-0.3, -0.25) is 4.79 Å². The molecule has 0 spiro atoms. The number of carbonyl (C=O) groups excluding carboxylic acids is 1. The average molecular weight is 184 g/mol. The Hall–Kier alpha value is -0.790. The van der Waals surface area contributed by atoms with Gasteiger partial charge in [0.05, 0.1) is 6.61 Å². The molecule has 0 amide bonds. The van der Waals surface area contributed by atoms with Crippen LogP contribution in [0.15, 0.2) is 12.7 Å². The fourth-order valence-corrected chi connectivity index (χ4v) is 1.03. The van der Waals surface area contributed by atoms with Crippen molar-refractivity contribution in [2.75, 3.05) is 6.61 Å². The van der Waals surface area contributed by atoms with Gasteiger partial charge < -0.3 is 4.74 Å². The molecule has 2 nitrogen and oxygen atoms in total. The SMILES string of the molecule is C=CCCCC(C)COC(=O)CC. The van der Waals surface area contributed by atoms with Gasteiger partial charge in [0.15, 0.2) is 0 Å². The molecule has 0 bridgehead atoms. The summed E-state index contributed by atoms with van der Waals surface area (Å²) in [6, 6.07) is 0. The van der Waals surface area contributed by atoms with Gasteiger partial charge in [-0.15, -0.1) is 6.58 Å². The second-order valence-electron chi connectivity index (χ2n) is 3.36. The molecule has 0 radical (unpaired) electrons. The normalized spacial score (nSPS) is 12.2. The highest BCUT2D eigenvalue weighted by Gasteiger charge is 2.04. The minimum Gasteiger partial charge on any atom is -0.465 e. The maximum atomic E-state index is 10.8. The molecular formula is C11H20O2. The Balaban J connectivity index is 3.34. The first-order valence-corrected chi connectivity index (χ1v) is 4.97. The van der Waals surface area contributed by atoms with Gasteiger partial charge in [0, 0.05) is 6.42 Å². The molecular weight excluding hydrogens is 164 g/mol. The lowest BCUT2D eigenvalue weighted by molar-refractivity contribution is -0.144. The number of rotatable bonds is 7. The lowest BCUT2D eigenvalue weighted by atomic mass is 10.1. The first-order chi connectivity index (χ1) is 6.20. The van der Waals surface area contributed by atoms with E-state index in [4.69, 9.17) is 4.74 Å². The summed E-state index contributed by atoms with van der Waals surface area (Å²) in [6.07, 6.45) is 5.67. The third kappa shape index (κ3) is 7.57. The van der Waals surface area contributed by atoms with Gasteiger partial charge >= 0.3 is 5.97 Å². The number of carbonyl (C=O) groups is 1. The van der Waals surface area contributed by atoms with Crippen LogP contribution in [0.5, 0.6) is 0 Å². The highest BCUT2D eigenvalue weighted by atomic mass is 16.5. The van der Waals surface area contributed by atoms with E-state index in [1.807, 2.05) is 13.0 Å². The molecule has 0 aliphatic carbocycles. The molecule has 76 valence electrons. The van der Waals surface area contributed by atoms with E-state index in [1.54, 1.807) is 0 Å². The molecule has 0 rings (SSSR count). The molecule has 0 N–H and O–H groups in total. The Morgan fingerprint density at radius 3 is 2.85 bits per heavy atom. The zero-order chi connectivity index (χ0) is 10.1. The number of esters is 1. The molecule has 0 aromatic heterocycles. The van der Waals surface area contributed by atoms with Crippen LogP contribution >= 0.6 is 0 Å². The van der Waals surface area contributed by atoms with Crippen LogP contribution in [0.1, 0.15) is 39.5 Å². The van der Waals surface area contributed by atoms with Gasteiger partial charge in [-0.25, -0.2) is 0 Å². The molecule has 0 fully saturated rings. The number of hydrogen-bond acceptors (Lipinski definition) is 2. The largest absolute Gasteiger partial charge is 0.465 e. The monoisotopic (exact) mass is 184 g/mol. The van der Waals surface area contributed by atoms with Crippen molar-refractivity contribution in [3.8, 4) is 0 Å². The van der Waals surface area contributed by atoms with Crippen molar-refractivity contribution in [2.24, 2.45) is 5.92 Å². The highest BCUT2D eigenvalue weighted by Crippen LogP contribution is 2.08. The Kier molecular flexibility index (Phi) is 7.36. The Morgan fingerprint density at radius 2 is 2.31 bits per heavy atom. The summed E-state index contributed by atoms with van der Waals surface area (Å²) in [5, 5.41) is 0. The van der Waals surface area contributed by atoms with Gasteiger partial charge in [0.1, 0.15) is 0 Å². The van der Waals surface area contributed by atoms with Crippen molar-refractivity contribution < 1.29 is 9.53 Å². The van der Waals surface area contributed by atoms with Crippen LogP contribution in [0.3, 0.4) is 0 Å². The van der Waals surface area contributed by atoms with Crippen LogP contribution in [-0.2, 0) is 9.53 Å². The zero-order valence-electron chi connectivity index (χ0n) is 8.71. The minimum absolute atomic E-state index is 0.101. The summed E-state index contributed by atoms with van der Waals surface area (Å²) in [6.45, 7) is 8.13. The van der Waals surface area contributed by atoms with E-state index >= 15 is 0 Å². The van der Waals surface area contributed by atoms with Crippen LogP contribution in [0.4, 0.5) is 0 Å². The third-order valence-corrected chi connectivity index (χ3v) is 1.92. The van der Waals surface area contributed by atoms with Crippen molar-refractivity contribution in [1.82, 2.24) is 0 Å². The second kappa shape index (κ2) is 7.84. The first-order valence-electron chi connectivity index (χ1n) is 4.97. The van der Waals surface area contributed by atoms with Crippen LogP contribution in [-0.4, -0.2) is 12.6 Å². The van der Waals surface area contributed by atoms with Crippen molar-refractivity contribution in [2.45, 2.75) is 39.5 Å². The maximum Gasteiger partial charge on any atom is 0.305 e. The Bertz CT molecular complexity index is 152. The molecule has 0 aromatic carbocycles. The van der Waals surface area contributed by atoms with Gasteiger partial charge in [-0.1, -0.05) is 19.9 Å². The number of hydrogen-bond donors (Lipinski definition) is 0. The highest BCUT2D eigenvalue weighted by molar-refractivity contribution is 5.68. The van der Waals surface area contributed by atoms with E-state index in [0.29, 0.717) is 18.9 Å². The zero-order valence-corrected chi connectivity index (χ0v) is 8.71. The van der Waals surface area contributed by atoms with Gasteiger partial charge in [0.2, 0.25) is 0 Å². The summed E-state index contributed by atoms with van der Waals surface area (Å²) >= 11 is 0. The summed E-state index contributed by atoms with van der Waals surface area (Å²) in [4.78, 5) is 10.8. The van der Waals surface area contributed by atoms with E-state index in [9.17, 15) is 4.79 Å². The standard InChI is InChI=1S/C11H20O2/c1-4-6-7-8-10(3)9-13-11(12)5-2/h4,10H,1,5-9H2,2-3H3. The summed E-state index contributed by atoms with van der Waals surface area (Å²) < 4.78 is 5.02. The molecule has 0 saturated heterocycles. The third-order valence-electron chi connectivity index (χ3n) is 1.92. The molecule has 0 saturated carbocycles. The molecule has 2 heteroatoms. The second-order valence-corrected chi connectivity index (χ2v) is 3.36. The fourth-order valence-electron chi connectivity index (χ4n) is 1.03. The van der Waals surface area contributed by atoms with Crippen LogP contribution in [0.25, 0.3) is 0 Å². The summed E-state index contributed by atoms with van der Waals surface area (Å²) in [7, 11) is 0. The first kappa shape index (κ1) is 12.2. The van der Waals surface area contributed by atoms with E-state index < -0.39 is 0 Å². The van der Waals surface area contributed by atoms with E-state index in [2.05, 4.69) is 13.5 Å². The topological polar surface area (TPSA) is 26.3 Å². The molecule has 13 heavy (non-hydrogen) atoms. The number of allylic oxidation sites excluding steroid dienone is 1. The van der Waals surface area contributed by atoms with Crippen molar-refractivity contribution in [1.29, 1.82) is 0 Å². The van der Waals surface area contributed by atoms with Crippen LogP contribution in [0.2, 0.25) is 0 Å². The molecule has 1 atom stereocenters. The van der Waals surface area contributed by atoms with Gasteiger partial charge in [0.25, 0.3) is 0 Å².